The van der Waals surface area contributed by atoms with E-state index >= 15 is 0 Å². The smallest absolute Gasteiger partial charge is 0.227 e. The lowest BCUT2D eigenvalue weighted by atomic mass is 9.81. The molecule has 2 N–H and O–H groups in total. The molecule has 24 heavy (non-hydrogen) atoms. The highest BCUT2D eigenvalue weighted by molar-refractivity contribution is 5.92. The Balaban J connectivity index is 1.82. The maximum Gasteiger partial charge on any atom is 0.227 e. The Morgan fingerprint density at radius 3 is 2.17 bits per heavy atom. The predicted molar refractivity (Wildman–Crippen MR) is 93.1 cm³/mol. The minimum Gasteiger partial charge on any atom is -0.353 e. The first kappa shape index (κ1) is 18.0. The summed E-state index contributed by atoms with van der Waals surface area (Å²) >= 11 is 0. The summed E-state index contributed by atoms with van der Waals surface area (Å²) in [7, 11) is 0. The molecule has 1 saturated carbocycles. The summed E-state index contributed by atoms with van der Waals surface area (Å²) in [5.74, 6) is 0.0991. The maximum atomic E-state index is 12.3. The number of hydrogen-bond acceptors (Lipinski definition) is 3. The van der Waals surface area contributed by atoms with Crippen LogP contribution in [0.3, 0.4) is 0 Å². The minimum atomic E-state index is -0.0479. The van der Waals surface area contributed by atoms with Crippen LogP contribution in [0.4, 0.5) is 5.69 Å². The molecule has 1 fully saturated rings. The van der Waals surface area contributed by atoms with Gasteiger partial charge in [0.25, 0.3) is 0 Å². The van der Waals surface area contributed by atoms with Gasteiger partial charge in [-0.1, -0.05) is 6.92 Å². The SMILES string of the molecule is CCC(C)NC(=O)C1CCC(C(=O)Nc2ccc(C#N)cc2)CC1. The number of rotatable bonds is 5. The number of hydrogen-bond donors (Lipinski definition) is 2. The third-order valence-corrected chi connectivity index (χ3v) is 4.75. The molecule has 0 radical (unpaired) electrons. The van der Waals surface area contributed by atoms with Crippen molar-refractivity contribution in [1.29, 1.82) is 5.26 Å². The molecule has 1 aromatic rings. The van der Waals surface area contributed by atoms with Crippen LogP contribution in [0.15, 0.2) is 24.3 Å². The Hall–Kier alpha value is -2.35. The molecule has 2 amide bonds. The van der Waals surface area contributed by atoms with Crippen LogP contribution in [0, 0.1) is 23.2 Å². The average Bonchev–Trinajstić information content (AvgIpc) is 2.62. The third-order valence-electron chi connectivity index (χ3n) is 4.75. The fourth-order valence-electron chi connectivity index (χ4n) is 2.95. The van der Waals surface area contributed by atoms with Crippen LogP contribution in [-0.4, -0.2) is 17.9 Å². The summed E-state index contributed by atoms with van der Waals surface area (Å²) in [6.45, 7) is 4.06. The van der Waals surface area contributed by atoms with E-state index in [4.69, 9.17) is 5.26 Å². The van der Waals surface area contributed by atoms with Gasteiger partial charge in [0.2, 0.25) is 11.8 Å². The summed E-state index contributed by atoms with van der Waals surface area (Å²) in [5, 5.41) is 14.7. The Kier molecular flexibility index (Phi) is 6.36. The molecule has 1 aromatic carbocycles. The normalized spacial score (nSPS) is 21.4. The predicted octanol–water partition coefficient (Wildman–Crippen LogP) is 3.22. The van der Waals surface area contributed by atoms with Crippen molar-refractivity contribution in [1.82, 2.24) is 5.32 Å². The average molecular weight is 327 g/mol. The third kappa shape index (κ3) is 4.82. The van der Waals surface area contributed by atoms with E-state index in [0.29, 0.717) is 11.3 Å². The molecule has 2 rings (SSSR count). The van der Waals surface area contributed by atoms with E-state index in [2.05, 4.69) is 23.6 Å². The highest BCUT2D eigenvalue weighted by Gasteiger charge is 2.30. The minimum absolute atomic E-state index is 0.000456. The second-order valence-electron chi connectivity index (χ2n) is 6.54. The summed E-state index contributed by atoms with van der Waals surface area (Å²) in [5.41, 5.74) is 1.27. The molecule has 1 aliphatic carbocycles. The molecule has 1 atom stereocenters. The number of nitrogens with one attached hydrogen (secondary N) is 2. The molecule has 0 heterocycles. The topological polar surface area (TPSA) is 82.0 Å². The van der Waals surface area contributed by atoms with Crippen molar-refractivity contribution in [2.24, 2.45) is 11.8 Å². The second-order valence-corrected chi connectivity index (χ2v) is 6.54. The number of benzene rings is 1. The van der Waals surface area contributed by atoms with Crippen molar-refractivity contribution in [3.8, 4) is 6.07 Å². The van der Waals surface area contributed by atoms with Gasteiger partial charge in [0.05, 0.1) is 11.6 Å². The fourth-order valence-corrected chi connectivity index (χ4v) is 2.95. The van der Waals surface area contributed by atoms with Crippen molar-refractivity contribution in [3.63, 3.8) is 0 Å². The van der Waals surface area contributed by atoms with Gasteiger partial charge in [-0.25, -0.2) is 0 Å². The van der Waals surface area contributed by atoms with Crippen LogP contribution in [0.25, 0.3) is 0 Å². The highest BCUT2D eigenvalue weighted by atomic mass is 16.2. The Morgan fingerprint density at radius 1 is 1.12 bits per heavy atom. The van der Waals surface area contributed by atoms with Crippen molar-refractivity contribution < 1.29 is 9.59 Å². The van der Waals surface area contributed by atoms with E-state index < -0.39 is 0 Å². The summed E-state index contributed by atoms with van der Waals surface area (Å²) in [6, 6.07) is 9.10. The van der Waals surface area contributed by atoms with Crippen LogP contribution < -0.4 is 10.6 Å². The molecule has 0 bridgehead atoms. The van der Waals surface area contributed by atoms with Gasteiger partial charge in [-0.05, 0) is 63.3 Å². The molecule has 0 aliphatic heterocycles. The number of nitriles is 1. The highest BCUT2D eigenvalue weighted by Crippen LogP contribution is 2.30. The fraction of sp³-hybridized carbons (Fsp3) is 0.526. The molecule has 0 saturated heterocycles. The lowest BCUT2D eigenvalue weighted by molar-refractivity contribution is -0.129. The van der Waals surface area contributed by atoms with Crippen LogP contribution in [-0.2, 0) is 9.59 Å². The zero-order valence-electron chi connectivity index (χ0n) is 14.3. The van der Waals surface area contributed by atoms with Crippen molar-refractivity contribution >= 4 is 17.5 Å². The molecular formula is C19H25N3O2. The molecule has 1 unspecified atom stereocenters. The van der Waals surface area contributed by atoms with Gasteiger partial charge in [-0.2, -0.15) is 5.26 Å². The Morgan fingerprint density at radius 2 is 1.67 bits per heavy atom. The van der Waals surface area contributed by atoms with Gasteiger partial charge in [0, 0.05) is 23.6 Å². The van der Waals surface area contributed by atoms with Crippen LogP contribution in [0.2, 0.25) is 0 Å². The molecule has 0 aromatic heterocycles. The summed E-state index contributed by atoms with van der Waals surface area (Å²) in [6.07, 6.45) is 3.91. The van der Waals surface area contributed by atoms with Crippen molar-refractivity contribution in [3.05, 3.63) is 29.8 Å². The second kappa shape index (κ2) is 8.49. The molecule has 5 heteroatoms. The molecule has 1 aliphatic rings. The van der Waals surface area contributed by atoms with E-state index in [0.717, 1.165) is 32.1 Å². The van der Waals surface area contributed by atoms with Gasteiger partial charge in [-0.3, -0.25) is 9.59 Å². The number of amides is 2. The first-order valence-corrected chi connectivity index (χ1v) is 8.64. The van der Waals surface area contributed by atoms with E-state index in [1.807, 2.05) is 6.92 Å². The van der Waals surface area contributed by atoms with Crippen LogP contribution in [0.1, 0.15) is 51.5 Å². The molecule has 128 valence electrons. The van der Waals surface area contributed by atoms with E-state index in [1.165, 1.54) is 0 Å². The monoisotopic (exact) mass is 327 g/mol. The van der Waals surface area contributed by atoms with Gasteiger partial charge < -0.3 is 10.6 Å². The number of nitrogens with zero attached hydrogens (tertiary/aromatic N) is 1. The van der Waals surface area contributed by atoms with Crippen LogP contribution >= 0.6 is 0 Å². The summed E-state index contributed by atoms with van der Waals surface area (Å²) < 4.78 is 0. The van der Waals surface area contributed by atoms with Crippen molar-refractivity contribution in [2.45, 2.75) is 52.0 Å². The van der Waals surface area contributed by atoms with E-state index in [1.54, 1.807) is 24.3 Å². The molecule has 5 nitrogen and oxygen atoms in total. The summed E-state index contributed by atoms with van der Waals surface area (Å²) in [4.78, 5) is 24.5. The molecular weight excluding hydrogens is 302 g/mol. The Labute approximate surface area is 143 Å². The lowest BCUT2D eigenvalue weighted by Crippen LogP contribution is -2.39. The molecule has 0 spiro atoms. The largest absolute Gasteiger partial charge is 0.353 e. The maximum absolute atomic E-state index is 12.3. The quantitative estimate of drug-likeness (QED) is 0.871. The zero-order chi connectivity index (χ0) is 17.5. The first-order valence-electron chi connectivity index (χ1n) is 8.64. The van der Waals surface area contributed by atoms with Gasteiger partial charge in [0.15, 0.2) is 0 Å². The van der Waals surface area contributed by atoms with Crippen LogP contribution in [0.5, 0.6) is 0 Å². The standard InChI is InChI=1S/C19H25N3O2/c1-3-13(2)21-18(23)15-6-8-16(9-7-15)19(24)22-17-10-4-14(12-20)5-11-17/h4-5,10-11,13,15-16H,3,6-9H2,1-2H3,(H,21,23)(H,22,24). The number of anilines is 1. The first-order chi connectivity index (χ1) is 11.5. The lowest BCUT2D eigenvalue weighted by Gasteiger charge is -2.28. The zero-order valence-corrected chi connectivity index (χ0v) is 14.3. The van der Waals surface area contributed by atoms with Gasteiger partial charge in [-0.15, -0.1) is 0 Å². The number of carbonyl (C=O) groups excluding carboxylic acids is 2. The van der Waals surface area contributed by atoms with Gasteiger partial charge in [0.1, 0.15) is 0 Å². The van der Waals surface area contributed by atoms with Crippen molar-refractivity contribution in [2.75, 3.05) is 5.32 Å². The Bertz CT molecular complexity index is 610. The van der Waals surface area contributed by atoms with Gasteiger partial charge >= 0.3 is 0 Å². The number of carbonyl (C=O) groups is 2. The van der Waals surface area contributed by atoms with E-state index in [9.17, 15) is 9.59 Å². The van der Waals surface area contributed by atoms with E-state index in [-0.39, 0.29) is 29.7 Å².